The summed E-state index contributed by atoms with van der Waals surface area (Å²) in [7, 11) is 0. The summed E-state index contributed by atoms with van der Waals surface area (Å²) in [5, 5.41) is 8.02. The predicted molar refractivity (Wildman–Crippen MR) is 84.7 cm³/mol. The van der Waals surface area contributed by atoms with Crippen LogP contribution in [0, 0.1) is 5.92 Å². The number of carbonyl (C=O) groups is 1. The molecule has 1 aliphatic heterocycles. The highest BCUT2D eigenvalue weighted by Gasteiger charge is 2.42. The van der Waals surface area contributed by atoms with E-state index >= 15 is 0 Å². The maximum atomic E-state index is 12.9. The summed E-state index contributed by atoms with van der Waals surface area (Å²) in [6.07, 6.45) is 9.19. The molecule has 4 rings (SSSR count). The third-order valence-corrected chi connectivity index (χ3v) is 5.39. The maximum absolute atomic E-state index is 12.9. The Morgan fingerprint density at radius 2 is 2.18 bits per heavy atom. The molecule has 120 valence electrons. The Morgan fingerprint density at radius 1 is 1.36 bits per heavy atom. The summed E-state index contributed by atoms with van der Waals surface area (Å²) >= 11 is 0. The molecule has 0 spiro atoms. The Labute approximate surface area is 132 Å². The summed E-state index contributed by atoms with van der Waals surface area (Å²) in [5.74, 6) is 0.860. The molecule has 0 radical (unpaired) electrons. The SMILES string of the molecule is CC(C1CC1)N(C(=O)c1ccn(C2CCCNC2)n1)C1CC1. The Hall–Kier alpha value is -1.36. The van der Waals surface area contributed by atoms with Crippen LogP contribution in [0.1, 0.15) is 62.0 Å². The van der Waals surface area contributed by atoms with Gasteiger partial charge in [0.05, 0.1) is 6.04 Å². The number of nitrogens with one attached hydrogen (secondary N) is 1. The molecule has 2 heterocycles. The van der Waals surface area contributed by atoms with Crippen LogP contribution in [0.3, 0.4) is 0 Å². The van der Waals surface area contributed by atoms with Gasteiger partial charge in [0.2, 0.25) is 0 Å². The molecule has 22 heavy (non-hydrogen) atoms. The van der Waals surface area contributed by atoms with Gasteiger partial charge in [-0.25, -0.2) is 0 Å². The van der Waals surface area contributed by atoms with Crippen LogP contribution in [-0.2, 0) is 0 Å². The lowest BCUT2D eigenvalue weighted by molar-refractivity contribution is 0.0646. The fourth-order valence-electron chi connectivity index (χ4n) is 3.69. The Kier molecular flexibility index (Phi) is 3.68. The van der Waals surface area contributed by atoms with Crippen LogP contribution in [0.15, 0.2) is 12.3 Å². The normalized spacial score (nSPS) is 26.7. The molecule has 0 bridgehead atoms. The third-order valence-electron chi connectivity index (χ3n) is 5.39. The zero-order valence-corrected chi connectivity index (χ0v) is 13.4. The molecule has 2 aliphatic carbocycles. The van der Waals surface area contributed by atoms with E-state index in [4.69, 9.17) is 0 Å². The number of aromatic nitrogens is 2. The van der Waals surface area contributed by atoms with Crippen molar-refractivity contribution in [2.75, 3.05) is 13.1 Å². The minimum Gasteiger partial charge on any atom is -0.331 e. The molecule has 2 saturated carbocycles. The van der Waals surface area contributed by atoms with Gasteiger partial charge >= 0.3 is 0 Å². The molecule has 1 saturated heterocycles. The lowest BCUT2D eigenvalue weighted by Gasteiger charge is -2.29. The number of carbonyl (C=O) groups excluding carboxylic acids is 1. The van der Waals surface area contributed by atoms with E-state index in [-0.39, 0.29) is 5.91 Å². The van der Waals surface area contributed by atoms with Crippen LogP contribution in [0.4, 0.5) is 0 Å². The molecule has 0 aromatic carbocycles. The fourth-order valence-corrected chi connectivity index (χ4v) is 3.69. The minimum absolute atomic E-state index is 0.143. The van der Waals surface area contributed by atoms with Crippen molar-refractivity contribution in [3.63, 3.8) is 0 Å². The topological polar surface area (TPSA) is 50.2 Å². The van der Waals surface area contributed by atoms with Crippen LogP contribution in [0.2, 0.25) is 0 Å². The molecular weight excluding hydrogens is 276 g/mol. The fraction of sp³-hybridized carbons (Fsp3) is 0.765. The number of nitrogens with zero attached hydrogens (tertiary/aromatic N) is 3. The lowest BCUT2D eigenvalue weighted by Crippen LogP contribution is -2.42. The number of piperidine rings is 1. The second-order valence-electron chi connectivity index (χ2n) is 7.20. The van der Waals surface area contributed by atoms with Crippen molar-refractivity contribution >= 4 is 5.91 Å². The molecule has 3 aliphatic rings. The van der Waals surface area contributed by atoms with E-state index in [1.807, 2.05) is 16.9 Å². The zero-order valence-electron chi connectivity index (χ0n) is 13.4. The summed E-state index contributed by atoms with van der Waals surface area (Å²) in [4.78, 5) is 15.1. The van der Waals surface area contributed by atoms with Gasteiger partial charge in [-0.15, -0.1) is 0 Å². The summed E-state index contributed by atoms with van der Waals surface area (Å²) < 4.78 is 1.99. The Balaban J connectivity index is 1.50. The van der Waals surface area contributed by atoms with E-state index in [0.717, 1.165) is 32.4 Å². The van der Waals surface area contributed by atoms with Gasteiger partial charge in [-0.05, 0) is 64.0 Å². The highest BCUT2D eigenvalue weighted by Crippen LogP contribution is 2.40. The van der Waals surface area contributed by atoms with Crippen LogP contribution < -0.4 is 5.32 Å². The Morgan fingerprint density at radius 3 is 2.82 bits per heavy atom. The average molecular weight is 302 g/mol. The first-order chi connectivity index (χ1) is 10.7. The van der Waals surface area contributed by atoms with Gasteiger partial charge in [0.1, 0.15) is 5.69 Å². The summed E-state index contributed by atoms with van der Waals surface area (Å²) in [5.41, 5.74) is 0.630. The van der Waals surface area contributed by atoms with E-state index in [1.165, 1.54) is 19.3 Å². The Bertz CT molecular complexity index is 541. The molecule has 3 fully saturated rings. The third kappa shape index (κ3) is 2.78. The average Bonchev–Trinajstić information content (AvgIpc) is 3.47. The smallest absolute Gasteiger partial charge is 0.274 e. The molecule has 5 nitrogen and oxygen atoms in total. The highest BCUT2D eigenvalue weighted by atomic mass is 16.2. The van der Waals surface area contributed by atoms with E-state index in [0.29, 0.717) is 29.7 Å². The molecule has 1 N–H and O–H groups in total. The molecule has 1 amide bonds. The number of rotatable bonds is 5. The lowest BCUT2D eigenvalue weighted by atomic mass is 10.1. The molecule has 1 aromatic heterocycles. The summed E-state index contributed by atoms with van der Waals surface area (Å²) in [6, 6.07) is 3.14. The predicted octanol–water partition coefficient (Wildman–Crippen LogP) is 2.21. The van der Waals surface area contributed by atoms with Crippen molar-refractivity contribution in [1.29, 1.82) is 0 Å². The van der Waals surface area contributed by atoms with Gasteiger partial charge in [-0.1, -0.05) is 0 Å². The first-order valence-electron chi connectivity index (χ1n) is 8.82. The first-order valence-corrected chi connectivity index (χ1v) is 8.82. The molecule has 1 aromatic rings. The van der Waals surface area contributed by atoms with Crippen molar-refractivity contribution in [2.24, 2.45) is 5.92 Å². The first kappa shape index (κ1) is 14.2. The molecule has 5 heteroatoms. The van der Waals surface area contributed by atoms with Gasteiger partial charge in [0.25, 0.3) is 5.91 Å². The van der Waals surface area contributed by atoms with Crippen LogP contribution in [0.5, 0.6) is 0 Å². The van der Waals surface area contributed by atoms with Crippen molar-refractivity contribution in [3.8, 4) is 0 Å². The maximum Gasteiger partial charge on any atom is 0.274 e. The van der Waals surface area contributed by atoms with Gasteiger partial charge in [-0.2, -0.15) is 5.10 Å². The van der Waals surface area contributed by atoms with Gasteiger partial charge in [0, 0.05) is 24.8 Å². The summed E-state index contributed by atoms with van der Waals surface area (Å²) in [6.45, 7) is 4.27. The van der Waals surface area contributed by atoms with Gasteiger partial charge < -0.3 is 10.2 Å². The standard InChI is InChI=1S/C17H26N4O/c1-12(13-4-5-13)21(14-6-7-14)17(22)16-8-10-20(19-16)15-3-2-9-18-11-15/h8,10,12-15,18H,2-7,9,11H2,1H3. The van der Waals surface area contributed by atoms with E-state index < -0.39 is 0 Å². The molecule has 2 unspecified atom stereocenters. The molecule has 2 atom stereocenters. The second kappa shape index (κ2) is 5.69. The van der Waals surface area contributed by atoms with Gasteiger partial charge in [0.15, 0.2) is 0 Å². The van der Waals surface area contributed by atoms with Crippen molar-refractivity contribution in [2.45, 2.75) is 63.6 Å². The minimum atomic E-state index is 0.143. The van der Waals surface area contributed by atoms with E-state index in [1.54, 1.807) is 0 Å². The van der Waals surface area contributed by atoms with Crippen molar-refractivity contribution in [3.05, 3.63) is 18.0 Å². The van der Waals surface area contributed by atoms with Crippen LogP contribution in [0.25, 0.3) is 0 Å². The van der Waals surface area contributed by atoms with Crippen LogP contribution in [-0.4, -0.2) is 45.8 Å². The quantitative estimate of drug-likeness (QED) is 0.907. The van der Waals surface area contributed by atoms with Crippen LogP contribution >= 0.6 is 0 Å². The zero-order chi connectivity index (χ0) is 15.1. The van der Waals surface area contributed by atoms with E-state index in [2.05, 4.69) is 22.2 Å². The largest absolute Gasteiger partial charge is 0.331 e. The number of hydrogen-bond donors (Lipinski definition) is 1. The second-order valence-corrected chi connectivity index (χ2v) is 7.20. The van der Waals surface area contributed by atoms with E-state index in [9.17, 15) is 4.79 Å². The monoisotopic (exact) mass is 302 g/mol. The van der Waals surface area contributed by atoms with Crippen molar-refractivity contribution < 1.29 is 4.79 Å². The van der Waals surface area contributed by atoms with Gasteiger partial charge in [-0.3, -0.25) is 9.48 Å². The van der Waals surface area contributed by atoms with Crippen molar-refractivity contribution in [1.82, 2.24) is 20.0 Å². The number of amides is 1. The number of hydrogen-bond acceptors (Lipinski definition) is 3. The molecular formula is C17H26N4O. The highest BCUT2D eigenvalue weighted by molar-refractivity contribution is 5.93.